The summed E-state index contributed by atoms with van der Waals surface area (Å²) in [6.07, 6.45) is -2.22. The number of carbonyl (C=O) groups is 1. The average Bonchev–Trinajstić information content (AvgIpc) is 2.55. The molecule has 116 valence electrons. The monoisotopic (exact) mass is 288 g/mol. The molecule has 3 atom stereocenters. The molecule has 4 N–H and O–H groups in total. The third-order valence-electron chi connectivity index (χ3n) is 3.37. The molecule has 0 saturated carbocycles. The van der Waals surface area contributed by atoms with Crippen molar-refractivity contribution >= 4 is 5.97 Å². The minimum absolute atomic E-state index is 0.00365. The molecule has 0 aromatic carbocycles. The summed E-state index contributed by atoms with van der Waals surface area (Å²) in [5, 5.41) is 40.2. The molecule has 6 nitrogen and oxygen atoms in total. The van der Waals surface area contributed by atoms with Gasteiger partial charge in [0.25, 0.3) is 0 Å². The van der Waals surface area contributed by atoms with Crippen LogP contribution in [-0.2, 0) is 9.53 Å². The summed E-state index contributed by atoms with van der Waals surface area (Å²) in [5.41, 5.74) is -1.83. The molecule has 0 spiro atoms. The summed E-state index contributed by atoms with van der Waals surface area (Å²) in [6.45, 7) is 7.44. The Balaban J connectivity index is 3.09. The van der Waals surface area contributed by atoms with Gasteiger partial charge in [-0.1, -0.05) is 27.7 Å². The first-order chi connectivity index (χ1) is 9.09. The highest BCUT2D eigenvalue weighted by Crippen LogP contribution is 2.36. The van der Waals surface area contributed by atoms with Gasteiger partial charge in [-0.2, -0.15) is 0 Å². The maximum absolute atomic E-state index is 11.3. The Labute approximate surface area is 118 Å². The smallest absolute Gasteiger partial charge is 0.378 e. The Morgan fingerprint density at radius 2 is 1.75 bits per heavy atom. The molecule has 0 fully saturated rings. The zero-order chi connectivity index (χ0) is 15.7. The van der Waals surface area contributed by atoms with Gasteiger partial charge in [0, 0.05) is 0 Å². The van der Waals surface area contributed by atoms with Crippen molar-refractivity contribution in [3.63, 3.8) is 0 Å². The Bertz CT molecular complexity index is 400. The van der Waals surface area contributed by atoms with E-state index in [1.54, 1.807) is 0 Å². The second-order valence-corrected chi connectivity index (χ2v) is 6.25. The van der Waals surface area contributed by atoms with Crippen molar-refractivity contribution in [1.29, 1.82) is 0 Å². The molecule has 6 heteroatoms. The van der Waals surface area contributed by atoms with Crippen LogP contribution in [0.25, 0.3) is 0 Å². The number of aliphatic hydroxyl groups excluding tert-OH is 3. The van der Waals surface area contributed by atoms with Crippen LogP contribution in [0.3, 0.4) is 0 Å². The molecule has 0 radical (unpaired) electrons. The topological polar surface area (TPSA) is 107 Å². The molecule has 1 heterocycles. The lowest BCUT2D eigenvalue weighted by Crippen LogP contribution is -2.54. The van der Waals surface area contributed by atoms with Crippen molar-refractivity contribution in [3.05, 3.63) is 11.5 Å². The van der Waals surface area contributed by atoms with Crippen LogP contribution in [0, 0.1) is 11.8 Å². The van der Waals surface area contributed by atoms with Crippen LogP contribution >= 0.6 is 0 Å². The zero-order valence-corrected chi connectivity index (χ0v) is 12.3. The summed E-state index contributed by atoms with van der Waals surface area (Å²) in [6, 6.07) is 0. The van der Waals surface area contributed by atoms with Gasteiger partial charge in [-0.15, -0.1) is 0 Å². The van der Waals surface area contributed by atoms with E-state index < -0.39 is 35.3 Å². The summed E-state index contributed by atoms with van der Waals surface area (Å²) in [4.78, 5) is 11.3. The molecule has 20 heavy (non-hydrogen) atoms. The molecule has 0 aromatic heterocycles. The fraction of sp³-hybridized carbons (Fsp3) is 0.786. The van der Waals surface area contributed by atoms with Crippen LogP contribution in [0.4, 0.5) is 0 Å². The Morgan fingerprint density at radius 1 is 1.20 bits per heavy atom. The zero-order valence-electron chi connectivity index (χ0n) is 12.3. The van der Waals surface area contributed by atoms with Gasteiger partial charge in [0.1, 0.15) is 5.60 Å². The third-order valence-corrected chi connectivity index (χ3v) is 3.37. The maximum atomic E-state index is 11.3. The van der Waals surface area contributed by atoms with Crippen molar-refractivity contribution in [2.45, 2.75) is 58.3 Å². The molecular formula is C14H24O6. The highest BCUT2D eigenvalue weighted by molar-refractivity contribution is 5.89. The van der Waals surface area contributed by atoms with Crippen molar-refractivity contribution in [2.24, 2.45) is 11.8 Å². The molecule has 1 unspecified atom stereocenters. The highest BCUT2D eigenvalue weighted by atomic mass is 16.6. The van der Waals surface area contributed by atoms with Crippen molar-refractivity contribution in [3.8, 4) is 0 Å². The normalized spacial score (nSPS) is 24.2. The first kappa shape index (κ1) is 16.8. The lowest BCUT2D eigenvalue weighted by molar-refractivity contribution is -0.178. The number of carbonyl (C=O) groups excluding carboxylic acids is 1. The molecule has 1 aliphatic rings. The molecule has 1 aliphatic heterocycles. The van der Waals surface area contributed by atoms with Crippen LogP contribution in [0.2, 0.25) is 0 Å². The predicted octanol–water partition coefficient (Wildman–Crippen LogP) is 1.42. The molecule has 0 bridgehead atoms. The number of rotatable bonds is 6. The molecule has 0 aliphatic carbocycles. The van der Waals surface area contributed by atoms with Gasteiger partial charge < -0.3 is 25.2 Å². The summed E-state index contributed by atoms with van der Waals surface area (Å²) < 4.78 is 4.83. The van der Waals surface area contributed by atoms with Gasteiger partial charge in [0.2, 0.25) is 5.76 Å². The van der Waals surface area contributed by atoms with Crippen molar-refractivity contribution < 1.29 is 30.0 Å². The fourth-order valence-electron chi connectivity index (χ4n) is 2.51. The number of hydrogen-bond donors (Lipinski definition) is 4. The molecule has 0 amide bonds. The van der Waals surface area contributed by atoms with Crippen molar-refractivity contribution in [2.75, 3.05) is 0 Å². The quantitative estimate of drug-likeness (QED) is 0.551. The van der Waals surface area contributed by atoms with Crippen molar-refractivity contribution in [1.82, 2.24) is 0 Å². The number of cyclic esters (lactones) is 1. The second-order valence-electron chi connectivity index (χ2n) is 6.25. The Morgan fingerprint density at radius 3 is 2.10 bits per heavy atom. The van der Waals surface area contributed by atoms with E-state index in [2.05, 4.69) is 0 Å². The highest BCUT2D eigenvalue weighted by Gasteiger charge is 2.53. The summed E-state index contributed by atoms with van der Waals surface area (Å²) in [5.74, 6) is -2.61. The second kappa shape index (κ2) is 6.01. The SMILES string of the molecule is CC(C)CC(O)[C@@](O)(CC(C)C)[C@H]1OC(=O)C(O)=C1O. The van der Waals surface area contributed by atoms with E-state index >= 15 is 0 Å². The average molecular weight is 288 g/mol. The first-order valence-electron chi connectivity index (χ1n) is 6.83. The van der Waals surface area contributed by atoms with Gasteiger partial charge in [-0.25, -0.2) is 4.79 Å². The van der Waals surface area contributed by atoms with Gasteiger partial charge in [0.15, 0.2) is 11.9 Å². The van der Waals surface area contributed by atoms with Gasteiger partial charge in [0.05, 0.1) is 6.10 Å². The number of hydrogen-bond acceptors (Lipinski definition) is 6. The van der Waals surface area contributed by atoms with Crippen LogP contribution in [0.15, 0.2) is 11.5 Å². The number of aliphatic hydroxyl groups is 4. The first-order valence-corrected chi connectivity index (χ1v) is 6.83. The maximum Gasteiger partial charge on any atom is 0.378 e. The molecular weight excluding hydrogens is 264 g/mol. The van der Waals surface area contributed by atoms with E-state index in [1.807, 2.05) is 27.7 Å². The standard InChI is InChI=1S/C14H24O6/c1-7(2)5-9(15)14(19,6-8(3)4)12-10(16)11(17)13(18)20-12/h7-9,12,15-17,19H,5-6H2,1-4H3/t9?,12-,14-/m0/s1. The molecule has 1 rings (SSSR count). The van der Waals surface area contributed by atoms with E-state index in [4.69, 9.17) is 4.74 Å². The lowest BCUT2D eigenvalue weighted by atomic mass is 9.79. The Hall–Kier alpha value is -1.27. The van der Waals surface area contributed by atoms with E-state index in [0.29, 0.717) is 0 Å². The largest absolute Gasteiger partial charge is 0.505 e. The fourth-order valence-corrected chi connectivity index (χ4v) is 2.51. The molecule has 0 aromatic rings. The van der Waals surface area contributed by atoms with E-state index in [-0.39, 0.29) is 24.7 Å². The predicted molar refractivity (Wildman–Crippen MR) is 72.0 cm³/mol. The van der Waals surface area contributed by atoms with E-state index in [0.717, 1.165) is 0 Å². The minimum Gasteiger partial charge on any atom is -0.505 e. The van der Waals surface area contributed by atoms with Crippen LogP contribution in [0.5, 0.6) is 0 Å². The Kier molecular flexibility index (Phi) is 5.05. The lowest BCUT2D eigenvalue weighted by Gasteiger charge is -2.38. The van der Waals surface area contributed by atoms with Gasteiger partial charge >= 0.3 is 5.97 Å². The van der Waals surface area contributed by atoms with Gasteiger partial charge in [-0.05, 0) is 24.7 Å². The molecule has 0 saturated heterocycles. The van der Waals surface area contributed by atoms with E-state index in [1.165, 1.54) is 0 Å². The number of ether oxygens (including phenoxy) is 1. The van der Waals surface area contributed by atoms with E-state index in [9.17, 15) is 25.2 Å². The van der Waals surface area contributed by atoms with Crippen LogP contribution in [-0.4, -0.2) is 44.2 Å². The number of esters is 1. The van der Waals surface area contributed by atoms with Gasteiger partial charge in [-0.3, -0.25) is 0 Å². The minimum atomic E-state index is -1.83. The summed E-state index contributed by atoms with van der Waals surface area (Å²) in [7, 11) is 0. The van der Waals surface area contributed by atoms with Crippen LogP contribution in [0.1, 0.15) is 40.5 Å². The third kappa shape index (κ3) is 3.24. The van der Waals surface area contributed by atoms with Crippen LogP contribution < -0.4 is 0 Å². The summed E-state index contributed by atoms with van der Waals surface area (Å²) >= 11 is 0.